The van der Waals surface area contributed by atoms with Gasteiger partial charge >= 0.3 is 0 Å². The van der Waals surface area contributed by atoms with E-state index in [1.807, 2.05) is 36.4 Å². The molecule has 37 heavy (non-hydrogen) atoms. The minimum Gasteiger partial charge on any atom is -0.496 e. The lowest BCUT2D eigenvalue weighted by atomic mass is 10.0. The number of ether oxygens (including phenoxy) is 3. The second-order valence-corrected chi connectivity index (χ2v) is 10.8. The van der Waals surface area contributed by atoms with Crippen LogP contribution < -0.4 is 19.5 Å². The molecule has 0 N–H and O–H groups in total. The van der Waals surface area contributed by atoms with Gasteiger partial charge in [0.25, 0.3) is 0 Å². The lowest BCUT2D eigenvalue weighted by molar-refractivity contribution is 0.103. The van der Waals surface area contributed by atoms with Crippen LogP contribution in [0, 0.1) is 6.92 Å². The minimum atomic E-state index is -4.52. The van der Waals surface area contributed by atoms with Gasteiger partial charge in [-0.05, 0) is 23.6 Å². The van der Waals surface area contributed by atoms with E-state index in [1.165, 1.54) is 33.5 Å². The van der Waals surface area contributed by atoms with Gasteiger partial charge in [-0.2, -0.15) is 0 Å². The molecule has 0 radical (unpaired) electrons. The Labute approximate surface area is 216 Å². The van der Waals surface area contributed by atoms with Crippen molar-refractivity contribution < 1.29 is 28.4 Å². The Hall–Kier alpha value is -4.15. The first kappa shape index (κ1) is 25.9. The Bertz CT molecular complexity index is 1470. The summed E-state index contributed by atoms with van der Waals surface area (Å²) in [4.78, 5) is 28.6. The Morgan fingerprint density at radius 1 is 0.676 bits per heavy atom. The molecule has 0 saturated carbocycles. The summed E-state index contributed by atoms with van der Waals surface area (Å²) in [5.74, 6) is 0.574. The lowest BCUT2D eigenvalue weighted by Crippen LogP contribution is -2.25. The Balaban J connectivity index is 2.09. The van der Waals surface area contributed by atoms with E-state index >= 15 is 4.57 Å². The highest BCUT2D eigenvalue weighted by Gasteiger charge is 2.47. The predicted octanol–water partition coefficient (Wildman–Crippen LogP) is 6.36. The van der Waals surface area contributed by atoms with E-state index < -0.39 is 18.2 Å². The number of carbonyl (C=O) groups excluding carboxylic acids is 2. The zero-order valence-electron chi connectivity index (χ0n) is 21.1. The number of aryl methyl sites for hydroxylation is 1. The molecule has 0 amide bonds. The topological polar surface area (TPSA) is 78.9 Å². The SMILES string of the molecule is COc1cc(OC)c(C(=O)P(=O)(C(=O)c2ccccc2)c2c(C)cccc2-c2ccccc2)c(OC)c1. The van der Waals surface area contributed by atoms with Gasteiger partial charge in [0, 0.05) is 23.0 Å². The number of carbonyl (C=O) groups is 2. The van der Waals surface area contributed by atoms with Crippen LogP contribution in [0.1, 0.15) is 26.3 Å². The summed E-state index contributed by atoms with van der Waals surface area (Å²) < 4.78 is 31.6. The first-order valence-electron chi connectivity index (χ1n) is 11.6. The van der Waals surface area contributed by atoms with Crippen molar-refractivity contribution in [3.05, 3.63) is 108 Å². The molecule has 1 atom stereocenters. The molecule has 4 aromatic rings. The smallest absolute Gasteiger partial charge is 0.249 e. The van der Waals surface area contributed by atoms with Crippen molar-refractivity contribution >= 4 is 23.5 Å². The third-order valence-electron chi connectivity index (χ3n) is 6.16. The standard InChI is InChI=1S/C30H27O6P/c1-20-12-11-17-24(21-13-7-5-8-14-21)28(20)37(33,29(31)22-15-9-6-10-16-22)30(32)27-25(35-3)18-23(34-2)19-26(27)36-4/h5-19H,1-4H3. The summed E-state index contributed by atoms with van der Waals surface area (Å²) in [6.45, 7) is 1.75. The number of methoxy groups -OCH3 is 3. The normalized spacial score (nSPS) is 12.3. The molecule has 0 spiro atoms. The van der Waals surface area contributed by atoms with Crippen LogP contribution >= 0.6 is 7.14 Å². The number of rotatable bonds is 9. The average molecular weight is 515 g/mol. The molecule has 0 heterocycles. The fraction of sp³-hybridized carbons (Fsp3) is 0.133. The molecular formula is C30H27O6P. The Morgan fingerprint density at radius 2 is 1.24 bits per heavy atom. The molecule has 0 aliphatic rings. The quantitative estimate of drug-likeness (QED) is 0.242. The fourth-order valence-corrected chi connectivity index (χ4v) is 7.11. The maximum absolute atomic E-state index is 15.3. The van der Waals surface area contributed by atoms with Crippen molar-refractivity contribution in [2.45, 2.75) is 6.92 Å². The van der Waals surface area contributed by atoms with Crippen LogP contribution in [0.3, 0.4) is 0 Å². The van der Waals surface area contributed by atoms with Crippen LogP contribution in [-0.4, -0.2) is 32.4 Å². The molecule has 7 heteroatoms. The predicted molar refractivity (Wildman–Crippen MR) is 145 cm³/mol. The molecule has 0 aromatic heterocycles. The molecular weight excluding hydrogens is 487 g/mol. The van der Waals surface area contributed by atoms with Crippen molar-refractivity contribution in [3.8, 4) is 28.4 Å². The van der Waals surface area contributed by atoms with E-state index in [0.29, 0.717) is 16.9 Å². The van der Waals surface area contributed by atoms with Crippen molar-refractivity contribution in [1.29, 1.82) is 0 Å². The van der Waals surface area contributed by atoms with E-state index in [1.54, 1.807) is 49.4 Å². The first-order valence-corrected chi connectivity index (χ1v) is 13.3. The molecule has 0 bridgehead atoms. The van der Waals surface area contributed by atoms with Crippen LogP contribution in [-0.2, 0) is 4.57 Å². The number of hydrogen-bond acceptors (Lipinski definition) is 6. The van der Waals surface area contributed by atoms with E-state index in [4.69, 9.17) is 14.2 Å². The van der Waals surface area contributed by atoms with Crippen LogP contribution in [0.15, 0.2) is 91.0 Å². The Morgan fingerprint density at radius 3 is 1.78 bits per heavy atom. The van der Waals surface area contributed by atoms with Gasteiger partial charge in [-0.1, -0.05) is 78.9 Å². The molecule has 4 aromatic carbocycles. The largest absolute Gasteiger partial charge is 0.496 e. The molecule has 0 fully saturated rings. The highest BCUT2D eigenvalue weighted by atomic mass is 31.2. The zero-order valence-corrected chi connectivity index (χ0v) is 22.0. The van der Waals surface area contributed by atoms with Crippen molar-refractivity contribution in [2.24, 2.45) is 0 Å². The second kappa shape index (κ2) is 10.9. The lowest BCUT2D eigenvalue weighted by Gasteiger charge is -2.23. The van der Waals surface area contributed by atoms with Crippen LogP contribution in [0.2, 0.25) is 0 Å². The van der Waals surface area contributed by atoms with E-state index in [-0.39, 0.29) is 27.9 Å². The molecule has 0 aliphatic carbocycles. The summed E-state index contributed by atoms with van der Waals surface area (Å²) in [6.07, 6.45) is 0. The van der Waals surface area contributed by atoms with Crippen LogP contribution in [0.25, 0.3) is 11.1 Å². The fourth-order valence-electron chi connectivity index (χ4n) is 4.36. The monoisotopic (exact) mass is 514 g/mol. The summed E-state index contributed by atoms with van der Waals surface area (Å²) >= 11 is 0. The molecule has 4 rings (SSSR count). The molecule has 1 unspecified atom stereocenters. The van der Waals surface area contributed by atoms with E-state index in [2.05, 4.69) is 0 Å². The van der Waals surface area contributed by atoms with Crippen molar-refractivity contribution in [1.82, 2.24) is 0 Å². The van der Waals surface area contributed by atoms with Crippen LogP contribution in [0.5, 0.6) is 17.2 Å². The summed E-state index contributed by atoms with van der Waals surface area (Å²) in [5.41, 5.74) is 0.313. The zero-order chi connectivity index (χ0) is 26.6. The molecule has 6 nitrogen and oxygen atoms in total. The maximum atomic E-state index is 15.3. The Kier molecular flexibility index (Phi) is 7.61. The molecule has 188 valence electrons. The van der Waals surface area contributed by atoms with Crippen molar-refractivity contribution in [3.63, 3.8) is 0 Å². The van der Waals surface area contributed by atoms with Gasteiger partial charge in [0.1, 0.15) is 22.8 Å². The van der Waals surface area contributed by atoms with Gasteiger partial charge in [-0.25, -0.2) is 0 Å². The second-order valence-electron chi connectivity index (χ2n) is 8.33. The van der Waals surface area contributed by atoms with Gasteiger partial charge in [0.05, 0.1) is 21.3 Å². The van der Waals surface area contributed by atoms with E-state index in [9.17, 15) is 9.59 Å². The first-order chi connectivity index (χ1) is 17.9. The van der Waals surface area contributed by atoms with Gasteiger partial charge in [0.2, 0.25) is 18.2 Å². The van der Waals surface area contributed by atoms with Gasteiger partial charge < -0.3 is 18.8 Å². The summed E-state index contributed by atoms with van der Waals surface area (Å²) in [7, 11) is -0.275. The number of benzene rings is 4. The minimum absolute atomic E-state index is 0.0827. The molecule has 0 saturated heterocycles. The van der Waals surface area contributed by atoms with Gasteiger partial charge in [-0.15, -0.1) is 0 Å². The summed E-state index contributed by atoms with van der Waals surface area (Å²) in [6, 6.07) is 25.9. The van der Waals surface area contributed by atoms with Crippen molar-refractivity contribution in [2.75, 3.05) is 21.3 Å². The highest BCUT2D eigenvalue weighted by molar-refractivity contribution is 8.01. The average Bonchev–Trinajstić information content (AvgIpc) is 2.95. The van der Waals surface area contributed by atoms with Gasteiger partial charge in [-0.3, -0.25) is 9.59 Å². The third-order valence-corrected chi connectivity index (χ3v) is 9.01. The molecule has 0 aliphatic heterocycles. The van der Waals surface area contributed by atoms with Crippen LogP contribution in [0.4, 0.5) is 0 Å². The van der Waals surface area contributed by atoms with Gasteiger partial charge in [0.15, 0.2) is 0 Å². The number of hydrogen-bond donors (Lipinski definition) is 0. The highest BCUT2D eigenvalue weighted by Crippen LogP contribution is 2.56. The van der Waals surface area contributed by atoms with E-state index in [0.717, 1.165) is 5.56 Å². The third kappa shape index (κ3) is 4.68. The summed E-state index contributed by atoms with van der Waals surface area (Å²) in [5, 5.41) is 0.194. The maximum Gasteiger partial charge on any atom is 0.249 e.